The molecule has 6 heteroatoms. The quantitative estimate of drug-likeness (QED) is 0.929. The van der Waals surface area contributed by atoms with Crippen molar-refractivity contribution in [1.82, 2.24) is 4.31 Å². The molecule has 2 rings (SSSR count). The number of nitrogens with two attached hydrogens (primary N) is 1. The summed E-state index contributed by atoms with van der Waals surface area (Å²) in [7, 11) is -3.83. The monoisotopic (exact) mass is 300 g/mol. The van der Waals surface area contributed by atoms with E-state index < -0.39 is 15.8 Å². The third-order valence-electron chi connectivity index (χ3n) is 3.85. The first-order valence-corrected chi connectivity index (χ1v) is 8.32. The second-order valence-corrected chi connectivity index (χ2v) is 7.28. The van der Waals surface area contributed by atoms with E-state index in [9.17, 15) is 12.8 Å². The van der Waals surface area contributed by atoms with E-state index in [1.165, 1.54) is 10.4 Å². The zero-order valence-corrected chi connectivity index (χ0v) is 12.7. The fourth-order valence-electron chi connectivity index (χ4n) is 2.70. The Bertz CT molecular complexity index is 587. The molecule has 1 aliphatic rings. The first kappa shape index (κ1) is 15.4. The summed E-state index contributed by atoms with van der Waals surface area (Å²) in [6, 6.07) is 3.93. The van der Waals surface area contributed by atoms with Gasteiger partial charge < -0.3 is 5.73 Å². The highest BCUT2D eigenvalue weighted by atomic mass is 32.2. The SMILES string of the molecule is Cc1cccc(S(=O)(=O)N2CCCCC2C(C)N)c1F. The largest absolute Gasteiger partial charge is 0.326 e. The van der Waals surface area contributed by atoms with E-state index in [1.807, 2.05) is 0 Å². The molecule has 20 heavy (non-hydrogen) atoms. The lowest BCUT2D eigenvalue weighted by molar-refractivity contribution is 0.226. The molecule has 2 N–H and O–H groups in total. The number of halogens is 1. The number of nitrogens with zero attached hydrogens (tertiary/aromatic N) is 1. The number of aryl methyl sites for hydroxylation is 1. The smallest absolute Gasteiger partial charge is 0.246 e. The van der Waals surface area contributed by atoms with Crippen LogP contribution >= 0.6 is 0 Å². The van der Waals surface area contributed by atoms with Crippen molar-refractivity contribution < 1.29 is 12.8 Å². The number of piperidine rings is 1. The van der Waals surface area contributed by atoms with Crippen LogP contribution in [0.15, 0.2) is 23.1 Å². The van der Waals surface area contributed by atoms with Gasteiger partial charge in [-0.1, -0.05) is 18.6 Å². The second kappa shape index (κ2) is 5.79. The molecule has 2 unspecified atom stereocenters. The Kier molecular flexibility index (Phi) is 4.46. The fourth-order valence-corrected chi connectivity index (χ4v) is 4.61. The van der Waals surface area contributed by atoms with Gasteiger partial charge in [0.05, 0.1) is 0 Å². The van der Waals surface area contributed by atoms with E-state index in [0.717, 1.165) is 19.3 Å². The van der Waals surface area contributed by atoms with Gasteiger partial charge in [-0.15, -0.1) is 0 Å². The van der Waals surface area contributed by atoms with Crippen LogP contribution in [-0.2, 0) is 10.0 Å². The molecular weight excluding hydrogens is 279 g/mol. The lowest BCUT2D eigenvalue weighted by Crippen LogP contribution is -2.51. The van der Waals surface area contributed by atoms with Crippen molar-refractivity contribution in [2.24, 2.45) is 5.73 Å². The summed E-state index contributed by atoms with van der Waals surface area (Å²) < 4.78 is 40.9. The van der Waals surface area contributed by atoms with Gasteiger partial charge in [0.15, 0.2) is 0 Å². The van der Waals surface area contributed by atoms with Crippen molar-refractivity contribution in [2.45, 2.75) is 50.1 Å². The zero-order valence-electron chi connectivity index (χ0n) is 11.8. The molecule has 112 valence electrons. The molecular formula is C14H21FN2O2S. The van der Waals surface area contributed by atoms with Crippen LogP contribution in [0.2, 0.25) is 0 Å². The van der Waals surface area contributed by atoms with E-state index in [0.29, 0.717) is 12.1 Å². The van der Waals surface area contributed by atoms with Crippen molar-refractivity contribution in [1.29, 1.82) is 0 Å². The van der Waals surface area contributed by atoms with Gasteiger partial charge in [-0.05, 0) is 38.3 Å². The van der Waals surface area contributed by atoms with Crippen LogP contribution in [0.5, 0.6) is 0 Å². The average Bonchev–Trinajstić information content (AvgIpc) is 2.41. The summed E-state index contributed by atoms with van der Waals surface area (Å²) in [6.07, 6.45) is 2.47. The molecule has 2 atom stereocenters. The summed E-state index contributed by atoms with van der Waals surface area (Å²) in [5, 5.41) is 0. The Hall–Kier alpha value is -0.980. The normalized spacial score (nSPS) is 22.7. The Morgan fingerprint density at radius 2 is 2.10 bits per heavy atom. The van der Waals surface area contributed by atoms with E-state index in [2.05, 4.69) is 0 Å². The highest BCUT2D eigenvalue weighted by Crippen LogP contribution is 2.28. The van der Waals surface area contributed by atoms with Crippen LogP contribution < -0.4 is 5.73 Å². The maximum Gasteiger partial charge on any atom is 0.246 e. The van der Waals surface area contributed by atoms with Gasteiger partial charge in [-0.3, -0.25) is 0 Å². The molecule has 0 saturated carbocycles. The molecule has 1 aromatic carbocycles. The first-order valence-electron chi connectivity index (χ1n) is 6.88. The second-order valence-electron chi connectivity index (χ2n) is 5.43. The topological polar surface area (TPSA) is 63.4 Å². The van der Waals surface area contributed by atoms with Gasteiger partial charge in [0.1, 0.15) is 10.7 Å². The Labute approximate surface area is 119 Å². The third kappa shape index (κ3) is 2.73. The van der Waals surface area contributed by atoms with Gasteiger partial charge >= 0.3 is 0 Å². The van der Waals surface area contributed by atoms with E-state index in [1.54, 1.807) is 26.0 Å². The predicted molar refractivity (Wildman–Crippen MR) is 76.3 cm³/mol. The molecule has 0 aliphatic carbocycles. The number of sulfonamides is 1. The first-order chi connectivity index (χ1) is 9.35. The van der Waals surface area contributed by atoms with Crippen LogP contribution in [0.3, 0.4) is 0 Å². The predicted octanol–water partition coefficient (Wildman–Crippen LogP) is 2.02. The van der Waals surface area contributed by atoms with Crippen LogP contribution in [0, 0.1) is 12.7 Å². The van der Waals surface area contributed by atoms with Crippen molar-refractivity contribution in [2.75, 3.05) is 6.54 Å². The lowest BCUT2D eigenvalue weighted by atomic mass is 10.00. The minimum atomic E-state index is -3.83. The number of rotatable bonds is 3. The van der Waals surface area contributed by atoms with Gasteiger partial charge in [0.2, 0.25) is 10.0 Å². The summed E-state index contributed by atoms with van der Waals surface area (Å²) in [5.41, 5.74) is 6.23. The number of hydrogen-bond acceptors (Lipinski definition) is 3. The summed E-state index contributed by atoms with van der Waals surface area (Å²) >= 11 is 0. The fraction of sp³-hybridized carbons (Fsp3) is 0.571. The Morgan fingerprint density at radius 1 is 1.40 bits per heavy atom. The molecule has 1 fully saturated rings. The maximum absolute atomic E-state index is 14.1. The van der Waals surface area contributed by atoms with Crippen molar-refractivity contribution in [3.05, 3.63) is 29.6 Å². The molecule has 0 radical (unpaired) electrons. The molecule has 1 heterocycles. The molecule has 0 aromatic heterocycles. The van der Waals surface area contributed by atoms with E-state index >= 15 is 0 Å². The lowest BCUT2D eigenvalue weighted by Gasteiger charge is -2.37. The number of hydrogen-bond donors (Lipinski definition) is 1. The maximum atomic E-state index is 14.1. The molecule has 0 spiro atoms. The van der Waals surface area contributed by atoms with Crippen LogP contribution in [0.4, 0.5) is 4.39 Å². The highest BCUT2D eigenvalue weighted by Gasteiger charge is 2.36. The molecule has 0 bridgehead atoms. The van der Waals surface area contributed by atoms with Crippen LogP contribution in [-0.4, -0.2) is 31.4 Å². The summed E-state index contributed by atoms with van der Waals surface area (Å²) in [6.45, 7) is 3.76. The van der Waals surface area contributed by atoms with Crippen LogP contribution in [0.25, 0.3) is 0 Å². The minimum absolute atomic E-state index is 0.245. The minimum Gasteiger partial charge on any atom is -0.326 e. The van der Waals surface area contributed by atoms with Crippen molar-refractivity contribution >= 4 is 10.0 Å². The number of benzene rings is 1. The highest BCUT2D eigenvalue weighted by molar-refractivity contribution is 7.89. The standard InChI is InChI=1S/C14H21FN2O2S/c1-10-6-5-8-13(14(10)15)20(18,19)17-9-4-3-7-12(17)11(2)16/h5-6,8,11-12H,3-4,7,9,16H2,1-2H3. The average molecular weight is 300 g/mol. The Morgan fingerprint density at radius 3 is 2.75 bits per heavy atom. The van der Waals surface area contributed by atoms with Crippen LogP contribution in [0.1, 0.15) is 31.7 Å². The molecule has 0 amide bonds. The van der Waals surface area contributed by atoms with Crippen molar-refractivity contribution in [3.8, 4) is 0 Å². The van der Waals surface area contributed by atoms with E-state index in [4.69, 9.17) is 5.73 Å². The third-order valence-corrected chi connectivity index (χ3v) is 5.79. The molecule has 1 saturated heterocycles. The molecule has 1 aliphatic heterocycles. The van der Waals surface area contributed by atoms with Gasteiger partial charge in [0.25, 0.3) is 0 Å². The van der Waals surface area contributed by atoms with E-state index in [-0.39, 0.29) is 17.0 Å². The molecule has 1 aromatic rings. The zero-order chi connectivity index (χ0) is 14.9. The molecule has 4 nitrogen and oxygen atoms in total. The van der Waals surface area contributed by atoms with Gasteiger partial charge in [-0.25, -0.2) is 12.8 Å². The summed E-state index contributed by atoms with van der Waals surface area (Å²) in [4.78, 5) is -0.245. The summed E-state index contributed by atoms with van der Waals surface area (Å²) in [5.74, 6) is -0.665. The van der Waals surface area contributed by atoms with Crippen molar-refractivity contribution in [3.63, 3.8) is 0 Å². The Balaban J connectivity index is 2.45. The van der Waals surface area contributed by atoms with Gasteiger partial charge in [-0.2, -0.15) is 4.31 Å². The van der Waals surface area contributed by atoms with Gasteiger partial charge in [0, 0.05) is 18.6 Å².